The summed E-state index contributed by atoms with van der Waals surface area (Å²) in [4.78, 5) is 11.8. The third kappa shape index (κ3) is 4.82. The van der Waals surface area contributed by atoms with E-state index < -0.39 is 0 Å². The van der Waals surface area contributed by atoms with Crippen molar-refractivity contribution in [1.82, 2.24) is 24.6 Å². The van der Waals surface area contributed by atoms with Crippen LogP contribution in [-0.2, 0) is 13.1 Å². The molecule has 6 nitrogen and oxygen atoms in total. The maximum atomic E-state index is 4.84. The summed E-state index contributed by atoms with van der Waals surface area (Å²) in [5.74, 6) is 1.37. The molecule has 3 aromatic heterocycles. The fraction of sp³-hybridized carbons (Fsp3) is 0.435. The van der Waals surface area contributed by atoms with Crippen molar-refractivity contribution in [2.24, 2.45) is 0 Å². The van der Waals surface area contributed by atoms with Crippen molar-refractivity contribution in [3.8, 4) is 0 Å². The van der Waals surface area contributed by atoms with Crippen molar-refractivity contribution < 1.29 is 0 Å². The SMILES string of the molecule is CCn1cc(CN2CCC(c3cc(Nc4ccccn4)cc(C)n3)CC2)c(C)n1. The van der Waals surface area contributed by atoms with E-state index in [2.05, 4.69) is 59.4 Å². The molecule has 4 rings (SSSR count). The van der Waals surface area contributed by atoms with Gasteiger partial charge in [0.15, 0.2) is 0 Å². The minimum atomic E-state index is 0.509. The lowest BCUT2D eigenvalue weighted by Gasteiger charge is -2.31. The van der Waals surface area contributed by atoms with Crippen molar-refractivity contribution in [3.63, 3.8) is 0 Å². The molecule has 4 heterocycles. The van der Waals surface area contributed by atoms with Gasteiger partial charge >= 0.3 is 0 Å². The third-order valence-corrected chi connectivity index (χ3v) is 5.68. The normalized spacial score (nSPS) is 15.6. The zero-order valence-electron chi connectivity index (χ0n) is 17.6. The van der Waals surface area contributed by atoms with Crippen LogP contribution in [0.2, 0.25) is 0 Å². The molecule has 1 aliphatic heterocycles. The Kier molecular flexibility index (Phi) is 5.90. The van der Waals surface area contributed by atoms with Crippen molar-refractivity contribution in [3.05, 3.63) is 65.4 Å². The van der Waals surface area contributed by atoms with Crippen molar-refractivity contribution in [2.75, 3.05) is 18.4 Å². The lowest BCUT2D eigenvalue weighted by Crippen LogP contribution is -2.32. The summed E-state index contributed by atoms with van der Waals surface area (Å²) in [5, 5.41) is 7.99. The molecule has 152 valence electrons. The van der Waals surface area contributed by atoms with E-state index in [9.17, 15) is 0 Å². The predicted molar refractivity (Wildman–Crippen MR) is 116 cm³/mol. The first-order chi connectivity index (χ1) is 14.1. The molecule has 1 saturated heterocycles. The summed E-state index contributed by atoms with van der Waals surface area (Å²) in [6, 6.07) is 10.2. The second-order valence-electron chi connectivity index (χ2n) is 7.91. The van der Waals surface area contributed by atoms with Gasteiger partial charge in [-0.2, -0.15) is 5.10 Å². The molecule has 0 unspecified atom stereocenters. The van der Waals surface area contributed by atoms with E-state index in [-0.39, 0.29) is 0 Å². The van der Waals surface area contributed by atoms with Gasteiger partial charge < -0.3 is 5.32 Å². The van der Waals surface area contributed by atoms with Gasteiger partial charge in [-0.25, -0.2) is 4.98 Å². The van der Waals surface area contributed by atoms with Gasteiger partial charge in [-0.3, -0.25) is 14.6 Å². The van der Waals surface area contributed by atoms with Crippen LogP contribution in [0, 0.1) is 13.8 Å². The first-order valence-corrected chi connectivity index (χ1v) is 10.5. The molecule has 0 amide bonds. The largest absolute Gasteiger partial charge is 0.340 e. The van der Waals surface area contributed by atoms with E-state index in [1.54, 1.807) is 6.20 Å². The molecule has 1 N–H and O–H groups in total. The van der Waals surface area contributed by atoms with Gasteiger partial charge in [0.1, 0.15) is 5.82 Å². The average Bonchev–Trinajstić information content (AvgIpc) is 3.08. The molecular formula is C23H30N6. The molecule has 0 aromatic carbocycles. The molecule has 29 heavy (non-hydrogen) atoms. The molecular weight excluding hydrogens is 360 g/mol. The highest BCUT2D eigenvalue weighted by Crippen LogP contribution is 2.30. The van der Waals surface area contributed by atoms with Crippen LogP contribution in [0.4, 0.5) is 11.5 Å². The minimum absolute atomic E-state index is 0.509. The number of hydrogen-bond acceptors (Lipinski definition) is 5. The third-order valence-electron chi connectivity index (χ3n) is 5.68. The van der Waals surface area contributed by atoms with Crippen LogP contribution in [0.15, 0.2) is 42.7 Å². The van der Waals surface area contributed by atoms with E-state index in [1.165, 1.54) is 11.3 Å². The Morgan fingerprint density at radius 2 is 1.97 bits per heavy atom. The second-order valence-corrected chi connectivity index (χ2v) is 7.91. The summed E-state index contributed by atoms with van der Waals surface area (Å²) >= 11 is 0. The van der Waals surface area contributed by atoms with E-state index in [0.717, 1.165) is 61.9 Å². The zero-order chi connectivity index (χ0) is 20.2. The number of rotatable bonds is 6. The van der Waals surface area contributed by atoms with Gasteiger partial charge in [0.25, 0.3) is 0 Å². The molecule has 0 radical (unpaired) electrons. The van der Waals surface area contributed by atoms with E-state index in [4.69, 9.17) is 4.98 Å². The van der Waals surface area contributed by atoms with E-state index >= 15 is 0 Å². The topological polar surface area (TPSA) is 58.9 Å². The quantitative estimate of drug-likeness (QED) is 0.675. The van der Waals surface area contributed by atoms with Crippen LogP contribution in [0.5, 0.6) is 0 Å². The van der Waals surface area contributed by atoms with Gasteiger partial charge in [-0.05, 0) is 71.0 Å². The second kappa shape index (κ2) is 8.74. The predicted octanol–water partition coefficient (Wildman–Crippen LogP) is 4.43. The van der Waals surface area contributed by atoms with Crippen LogP contribution in [0.25, 0.3) is 0 Å². The first-order valence-electron chi connectivity index (χ1n) is 10.5. The lowest BCUT2D eigenvalue weighted by molar-refractivity contribution is 0.203. The number of hydrogen-bond donors (Lipinski definition) is 1. The van der Waals surface area contributed by atoms with Crippen LogP contribution < -0.4 is 5.32 Å². The Bertz CT molecular complexity index is 941. The summed E-state index contributed by atoms with van der Waals surface area (Å²) in [7, 11) is 0. The maximum Gasteiger partial charge on any atom is 0.130 e. The Morgan fingerprint density at radius 3 is 2.66 bits per heavy atom. The summed E-state index contributed by atoms with van der Waals surface area (Å²) in [6.45, 7) is 10.4. The van der Waals surface area contributed by atoms with Crippen molar-refractivity contribution in [2.45, 2.75) is 52.6 Å². The molecule has 0 aliphatic carbocycles. The van der Waals surface area contributed by atoms with Gasteiger partial charge in [-0.15, -0.1) is 0 Å². The van der Waals surface area contributed by atoms with Crippen LogP contribution >= 0.6 is 0 Å². The maximum absolute atomic E-state index is 4.84. The molecule has 3 aromatic rings. The summed E-state index contributed by atoms with van der Waals surface area (Å²) in [6.07, 6.45) is 6.28. The smallest absolute Gasteiger partial charge is 0.130 e. The average molecular weight is 391 g/mol. The van der Waals surface area contributed by atoms with Crippen molar-refractivity contribution in [1.29, 1.82) is 0 Å². The Hall–Kier alpha value is -2.73. The fourth-order valence-corrected chi connectivity index (χ4v) is 4.06. The number of likely N-dealkylation sites (tertiary alicyclic amines) is 1. The standard InChI is InChI=1S/C23H30N6/c1-4-29-16-20(18(3)27-29)15-28-11-8-19(9-12-28)22-14-21(13-17(2)25-22)26-23-7-5-6-10-24-23/h5-7,10,13-14,16,19H,4,8-9,11-12,15H2,1-3H3,(H,24,25,26). The Labute approximate surface area is 173 Å². The van der Waals surface area contributed by atoms with Gasteiger partial charge in [-0.1, -0.05) is 6.07 Å². The molecule has 0 spiro atoms. The number of anilines is 2. The Balaban J connectivity index is 1.39. The van der Waals surface area contributed by atoms with E-state index in [1.807, 2.05) is 22.9 Å². The number of nitrogens with one attached hydrogen (secondary N) is 1. The highest BCUT2D eigenvalue weighted by atomic mass is 15.3. The lowest BCUT2D eigenvalue weighted by atomic mass is 9.92. The highest BCUT2D eigenvalue weighted by Gasteiger charge is 2.23. The van der Waals surface area contributed by atoms with Gasteiger partial charge in [0, 0.05) is 54.0 Å². The fourth-order valence-electron chi connectivity index (χ4n) is 4.06. The first kappa shape index (κ1) is 19.6. The van der Waals surface area contributed by atoms with Gasteiger partial charge in [0.05, 0.1) is 5.69 Å². The number of aryl methyl sites for hydroxylation is 3. The molecule has 0 saturated carbocycles. The van der Waals surface area contributed by atoms with Crippen molar-refractivity contribution >= 4 is 11.5 Å². The van der Waals surface area contributed by atoms with Crippen LogP contribution in [-0.4, -0.2) is 37.7 Å². The van der Waals surface area contributed by atoms with Crippen LogP contribution in [0.1, 0.15) is 48.3 Å². The minimum Gasteiger partial charge on any atom is -0.340 e. The molecule has 1 aliphatic rings. The van der Waals surface area contributed by atoms with Gasteiger partial charge in [0.2, 0.25) is 0 Å². The highest BCUT2D eigenvalue weighted by molar-refractivity contribution is 5.56. The molecule has 0 bridgehead atoms. The molecule has 1 fully saturated rings. The van der Waals surface area contributed by atoms with E-state index in [0.29, 0.717) is 5.92 Å². The number of pyridine rings is 2. The Morgan fingerprint density at radius 1 is 1.14 bits per heavy atom. The summed E-state index contributed by atoms with van der Waals surface area (Å²) in [5.41, 5.74) is 5.81. The number of aromatic nitrogens is 4. The number of piperidine rings is 1. The molecule has 0 atom stereocenters. The van der Waals surface area contributed by atoms with Crippen LogP contribution in [0.3, 0.4) is 0 Å². The summed E-state index contributed by atoms with van der Waals surface area (Å²) < 4.78 is 2.03. The number of nitrogens with zero attached hydrogens (tertiary/aromatic N) is 5. The molecule has 6 heteroatoms. The zero-order valence-corrected chi connectivity index (χ0v) is 17.6. The monoisotopic (exact) mass is 390 g/mol.